The first-order valence-electron chi connectivity index (χ1n) is 8.03. The quantitative estimate of drug-likeness (QED) is 0.745. The van der Waals surface area contributed by atoms with Crippen LogP contribution in [0.4, 0.5) is 5.69 Å². The van der Waals surface area contributed by atoms with Crippen LogP contribution in [-0.2, 0) is 0 Å². The van der Waals surface area contributed by atoms with Gasteiger partial charge in [0.25, 0.3) is 11.8 Å². The van der Waals surface area contributed by atoms with Crippen molar-refractivity contribution >= 4 is 39.1 Å². The Balaban J connectivity index is 1.87. The minimum Gasteiger partial charge on any atom is -0.350 e. The predicted octanol–water partition coefficient (Wildman–Crippen LogP) is 4.00. The van der Waals surface area contributed by atoms with E-state index in [1.807, 2.05) is 51.1 Å². The van der Waals surface area contributed by atoms with Gasteiger partial charge in [0, 0.05) is 22.7 Å². The highest BCUT2D eigenvalue weighted by Gasteiger charge is 2.16. The Hall–Kier alpha value is -2.73. The molecule has 128 valence electrons. The molecule has 2 amide bonds. The number of aryl methyl sites for hydroxylation is 1. The number of nitrogens with zero attached hydrogens (tertiary/aromatic N) is 1. The third-order valence-corrected chi connectivity index (χ3v) is 4.59. The van der Waals surface area contributed by atoms with E-state index in [-0.39, 0.29) is 17.9 Å². The van der Waals surface area contributed by atoms with Crippen LogP contribution in [0.3, 0.4) is 0 Å². The summed E-state index contributed by atoms with van der Waals surface area (Å²) < 4.78 is 5.24. The number of nitrogens with one attached hydrogen (secondary N) is 2. The van der Waals surface area contributed by atoms with Crippen molar-refractivity contribution in [3.05, 3.63) is 59.3 Å². The number of hydrogen-bond donors (Lipinski definition) is 2. The normalized spacial score (nSPS) is 10.9. The number of aromatic nitrogens is 1. The van der Waals surface area contributed by atoms with E-state index >= 15 is 0 Å². The Kier molecular flexibility index (Phi) is 4.81. The molecule has 0 saturated heterocycles. The Labute approximate surface area is 150 Å². The van der Waals surface area contributed by atoms with Gasteiger partial charge in [0.05, 0.1) is 4.70 Å². The van der Waals surface area contributed by atoms with Crippen molar-refractivity contribution in [1.29, 1.82) is 0 Å². The minimum atomic E-state index is -0.276. The molecule has 3 rings (SSSR count). The molecule has 6 heteroatoms. The van der Waals surface area contributed by atoms with Crippen molar-refractivity contribution in [1.82, 2.24) is 9.69 Å². The van der Waals surface area contributed by atoms with E-state index in [1.165, 1.54) is 11.5 Å². The van der Waals surface area contributed by atoms with Crippen molar-refractivity contribution in [2.75, 3.05) is 5.32 Å². The summed E-state index contributed by atoms with van der Waals surface area (Å²) in [4.78, 5) is 24.8. The van der Waals surface area contributed by atoms with Crippen LogP contribution < -0.4 is 10.6 Å². The summed E-state index contributed by atoms with van der Waals surface area (Å²) in [5.41, 5.74) is 2.40. The molecule has 0 atom stereocenters. The second-order valence-corrected chi connectivity index (χ2v) is 6.94. The molecule has 0 saturated carbocycles. The maximum atomic E-state index is 12.6. The van der Waals surface area contributed by atoms with Crippen LogP contribution in [0.1, 0.15) is 40.3 Å². The fraction of sp³-hybridized carbons (Fsp3) is 0.211. The predicted molar refractivity (Wildman–Crippen MR) is 101 cm³/mol. The molecule has 1 aromatic heterocycles. The van der Waals surface area contributed by atoms with Gasteiger partial charge in [0.15, 0.2) is 0 Å². The van der Waals surface area contributed by atoms with Crippen molar-refractivity contribution < 1.29 is 9.59 Å². The van der Waals surface area contributed by atoms with Crippen LogP contribution in [0, 0.1) is 6.92 Å². The van der Waals surface area contributed by atoms with Crippen molar-refractivity contribution in [2.45, 2.75) is 26.8 Å². The standard InChI is InChI=1S/C19H19N3O2S/c1-11(2)20-18(23)13-9-8-12(3)15(10-13)21-19(24)17-14-6-4-5-7-16(14)25-22-17/h4-11H,1-3H3,(H,20,23)(H,21,24). The van der Waals surface area contributed by atoms with Crippen LogP contribution in [0.5, 0.6) is 0 Å². The lowest BCUT2D eigenvalue weighted by Crippen LogP contribution is -2.30. The molecule has 0 radical (unpaired) electrons. The third-order valence-electron chi connectivity index (χ3n) is 3.76. The highest BCUT2D eigenvalue weighted by atomic mass is 32.1. The molecule has 0 aliphatic rings. The summed E-state index contributed by atoms with van der Waals surface area (Å²) in [5, 5.41) is 6.56. The van der Waals surface area contributed by atoms with Gasteiger partial charge in [-0.25, -0.2) is 0 Å². The van der Waals surface area contributed by atoms with E-state index in [0.29, 0.717) is 16.9 Å². The maximum Gasteiger partial charge on any atom is 0.276 e. The number of hydrogen-bond acceptors (Lipinski definition) is 4. The molecule has 2 aromatic carbocycles. The second-order valence-electron chi connectivity index (χ2n) is 6.14. The molecular weight excluding hydrogens is 334 g/mol. The fourth-order valence-electron chi connectivity index (χ4n) is 2.47. The Morgan fingerprint density at radius 3 is 2.60 bits per heavy atom. The van der Waals surface area contributed by atoms with Gasteiger partial charge in [-0.3, -0.25) is 9.59 Å². The van der Waals surface area contributed by atoms with E-state index in [4.69, 9.17) is 0 Å². The summed E-state index contributed by atoms with van der Waals surface area (Å²) in [6.07, 6.45) is 0. The topological polar surface area (TPSA) is 71.1 Å². The monoisotopic (exact) mass is 353 g/mol. The zero-order chi connectivity index (χ0) is 18.0. The first-order chi connectivity index (χ1) is 12.0. The molecule has 0 unspecified atom stereocenters. The van der Waals surface area contributed by atoms with Crippen LogP contribution in [0.2, 0.25) is 0 Å². The highest BCUT2D eigenvalue weighted by Crippen LogP contribution is 2.24. The minimum absolute atomic E-state index is 0.0493. The summed E-state index contributed by atoms with van der Waals surface area (Å²) in [6, 6.07) is 12.9. The third kappa shape index (κ3) is 3.69. The van der Waals surface area contributed by atoms with E-state index in [1.54, 1.807) is 12.1 Å². The van der Waals surface area contributed by atoms with Crippen LogP contribution in [0.25, 0.3) is 10.1 Å². The molecule has 2 N–H and O–H groups in total. The molecule has 0 aliphatic heterocycles. The van der Waals surface area contributed by atoms with Gasteiger partial charge in [-0.05, 0) is 56.1 Å². The van der Waals surface area contributed by atoms with Gasteiger partial charge >= 0.3 is 0 Å². The smallest absolute Gasteiger partial charge is 0.276 e. The van der Waals surface area contributed by atoms with Crippen LogP contribution in [-0.4, -0.2) is 22.2 Å². The number of amides is 2. The van der Waals surface area contributed by atoms with Crippen LogP contribution >= 0.6 is 11.5 Å². The van der Waals surface area contributed by atoms with E-state index in [2.05, 4.69) is 15.0 Å². The molecule has 0 aliphatic carbocycles. The molecule has 1 heterocycles. The first-order valence-corrected chi connectivity index (χ1v) is 8.80. The summed E-state index contributed by atoms with van der Waals surface area (Å²) in [7, 11) is 0. The van der Waals surface area contributed by atoms with E-state index < -0.39 is 0 Å². The van der Waals surface area contributed by atoms with Crippen molar-refractivity contribution in [3.63, 3.8) is 0 Å². The van der Waals surface area contributed by atoms with Gasteiger partial charge in [-0.15, -0.1) is 0 Å². The number of carbonyl (C=O) groups is 2. The fourth-order valence-corrected chi connectivity index (χ4v) is 3.25. The zero-order valence-corrected chi connectivity index (χ0v) is 15.1. The van der Waals surface area contributed by atoms with Gasteiger partial charge in [0.2, 0.25) is 0 Å². The van der Waals surface area contributed by atoms with E-state index in [0.717, 1.165) is 15.6 Å². The Morgan fingerprint density at radius 1 is 1.08 bits per heavy atom. The average Bonchev–Trinajstić information content (AvgIpc) is 3.00. The lowest BCUT2D eigenvalue weighted by molar-refractivity contribution is 0.0941. The lowest BCUT2D eigenvalue weighted by Gasteiger charge is -2.12. The van der Waals surface area contributed by atoms with Crippen molar-refractivity contribution in [3.8, 4) is 0 Å². The van der Waals surface area contributed by atoms with E-state index in [9.17, 15) is 9.59 Å². The number of benzene rings is 2. The van der Waals surface area contributed by atoms with Gasteiger partial charge in [0.1, 0.15) is 5.69 Å². The van der Waals surface area contributed by atoms with Gasteiger partial charge in [-0.1, -0.05) is 24.3 Å². The summed E-state index contributed by atoms with van der Waals surface area (Å²) >= 11 is 1.30. The van der Waals surface area contributed by atoms with Crippen molar-refractivity contribution in [2.24, 2.45) is 0 Å². The number of fused-ring (bicyclic) bond motifs is 1. The molecule has 0 fully saturated rings. The summed E-state index contributed by atoms with van der Waals surface area (Å²) in [5.74, 6) is -0.438. The largest absolute Gasteiger partial charge is 0.350 e. The lowest BCUT2D eigenvalue weighted by atomic mass is 10.1. The molecule has 5 nitrogen and oxygen atoms in total. The molecular formula is C19H19N3O2S. The van der Waals surface area contributed by atoms with Crippen LogP contribution in [0.15, 0.2) is 42.5 Å². The highest BCUT2D eigenvalue weighted by molar-refractivity contribution is 7.13. The number of carbonyl (C=O) groups excluding carboxylic acids is 2. The number of anilines is 1. The molecule has 0 bridgehead atoms. The first kappa shape index (κ1) is 17.1. The maximum absolute atomic E-state index is 12.6. The Bertz CT molecular complexity index is 947. The molecule has 0 spiro atoms. The zero-order valence-electron chi connectivity index (χ0n) is 14.3. The molecule has 25 heavy (non-hydrogen) atoms. The second kappa shape index (κ2) is 7.03. The Morgan fingerprint density at radius 2 is 1.84 bits per heavy atom. The number of rotatable bonds is 4. The SMILES string of the molecule is Cc1ccc(C(=O)NC(C)C)cc1NC(=O)c1nsc2ccccc12. The average molecular weight is 353 g/mol. The van der Waals surface area contributed by atoms with Gasteiger partial charge in [-0.2, -0.15) is 4.37 Å². The molecule has 3 aromatic rings. The summed E-state index contributed by atoms with van der Waals surface area (Å²) in [6.45, 7) is 5.70. The van der Waals surface area contributed by atoms with Gasteiger partial charge < -0.3 is 10.6 Å².